The molecule has 0 spiro atoms. The van der Waals surface area contributed by atoms with E-state index in [4.69, 9.17) is 5.10 Å². The van der Waals surface area contributed by atoms with Gasteiger partial charge in [0.15, 0.2) is 0 Å². The summed E-state index contributed by atoms with van der Waals surface area (Å²) in [5, 5.41) is 4.86. The Labute approximate surface area is 133 Å². The second-order valence-corrected chi connectivity index (χ2v) is 6.99. The van der Waals surface area contributed by atoms with Crippen LogP contribution in [0.25, 0.3) is 0 Å². The lowest BCUT2D eigenvalue weighted by molar-refractivity contribution is 0.240. The van der Waals surface area contributed by atoms with Crippen molar-refractivity contribution in [1.29, 1.82) is 0 Å². The lowest BCUT2D eigenvalue weighted by atomic mass is 9.99. The zero-order valence-corrected chi connectivity index (χ0v) is 14.2. The molecule has 2 aromatic rings. The van der Waals surface area contributed by atoms with Gasteiger partial charge in [-0.05, 0) is 42.9 Å². The molecule has 3 heteroatoms. The Kier molecular flexibility index (Phi) is 4.34. The normalized spacial score (nSPS) is 15.5. The van der Waals surface area contributed by atoms with E-state index in [2.05, 4.69) is 67.7 Å². The molecule has 0 saturated carbocycles. The van der Waals surface area contributed by atoms with Crippen molar-refractivity contribution in [1.82, 2.24) is 14.7 Å². The Morgan fingerprint density at radius 3 is 2.50 bits per heavy atom. The van der Waals surface area contributed by atoms with Crippen LogP contribution in [-0.4, -0.2) is 21.2 Å². The number of aromatic nitrogens is 2. The standard InChI is InChI=1S/C19H27N3/c1-14(2)18-12-22(15(3)4)20-19(18)13-21-10-9-16-7-5-6-8-17(16)11-21/h5-8,12,14-15H,9-11,13H2,1-4H3. The Morgan fingerprint density at radius 1 is 1.09 bits per heavy atom. The minimum Gasteiger partial charge on any atom is -0.293 e. The Bertz CT molecular complexity index is 640. The van der Waals surface area contributed by atoms with Crippen molar-refractivity contribution in [3.8, 4) is 0 Å². The molecule has 3 rings (SSSR count). The molecule has 0 unspecified atom stereocenters. The molecule has 0 atom stereocenters. The number of nitrogens with zero attached hydrogens (tertiary/aromatic N) is 3. The summed E-state index contributed by atoms with van der Waals surface area (Å²) in [5.41, 5.74) is 5.63. The maximum atomic E-state index is 4.86. The first-order valence-corrected chi connectivity index (χ1v) is 8.41. The quantitative estimate of drug-likeness (QED) is 0.845. The Balaban J connectivity index is 1.79. The maximum absolute atomic E-state index is 4.86. The largest absolute Gasteiger partial charge is 0.293 e. The van der Waals surface area contributed by atoms with Crippen LogP contribution in [0.5, 0.6) is 0 Å². The summed E-state index contributed by atoms with van der Waals surface area (Å²) in [6, 6.07) is 9.25. The third kappa shape index (κ3) is 3.09. The fraction of sp³-hybridized carbons (Fsp3) is 0.526. The van der Waals surface area contributed by atoms with Crippen LogP contribution in [0.15, 0.2) is 30.5 Å². The topological polar surface area (TPSA) is 21.1 Å². The molecule has 1 aliphatic rings. The van der Waals surface area contributed by atoms with E-state index >= 15 is 0 Å². The predicted octanol–water partition coefficient (Wildman–Crippen LogP) is 4.15. The summed E-state index contributed by atoms with van der Waals surface area (Å²) in [6.45, 7) is 12.0. The van der Waals surface area contributed by atoms with Crippen molar-refractivity contribution >= 4 is 0 Å². The van der Waals surface area contributed by atoms with Crippen LogP contribution < -0.4 is 0 Å². The molecule has 0 aliphatic carbocycles. The highest BCUT2D eigenvalue weighted by atomic mass is 15.3. The lowest BCUT2D eigenvalue weighted by Crippen LogP contribution is -2.30. The van der Waals surface area contributed by atoms with Crippen molar-refractivity contribution in [2.45, 2.75) is 59.2 Å². The zero-order valence-electron chi connectivity index (χ0n) is 14.2. The highest BCUT2D eigenvalue weighted by Crippen LogP contribution is 2.24. The molecular formula is C19H27N3. The van der Waals surface area contributed by atoms with Gasteiger partial charge >= 0.3 is 0 Å². The fourth-order valence-corrected chi connectivity index (χ4v) is 3.21. The summed E-state index contributed by atoms with van der Waals surface area (Å²) in [5.74, 6) is 0.527. The molecule has 1 aliphatic heterocycles. The van der Waals surface area contributed by atoms with Gasteiger partial charge < -0.3 is 0 Å². The van der Waals surface area contributed by atoms with E-state index in [0.717, 1.165) is 26.1 Å². The van der Waals surface area contributed by atoms with E-state index in [0.29, 0.717) is 12.0 Å². The predicted molar refractivity (Wildman–Crippen MR) is 91.0 cm³/mol. The maximum Gasteiger partial charge on any atom is 0.0799 e. The fourth-order valence-electron chi connectivity index (χ4n) is 3.21. The summed E-state index contributed by atoms with van der Waals surface area (Å²) in [7, 11) is 0. The first-order valence-electron chi connectivity index (χ1n) is 8.41. The van der Waals surface area contributed by atoms with Crippen LogP contribution >= 0.6 is 0 Å². The van der Waals surface area contributed by atoms with Gasteiger partial charge in [0.1, 0.15) is 0 Å². The van der Waals surface area contributed by atoms with Crippen LogP contribution in [0.2, 0.25) is 0 Å². The van der Waals surface area contributed by atoms with Crippen molar-refractivity contribution in [2.75, 3.05) is 6.54 Å². The van der Waals surface area contributed by atoms with Gasteiger partial charge in [0.25, 0.3) is 0 Å². The second-order valence-electron chi connectivity index (χ2n) is 6.99. The minimum absolute atomic E-state index is 0.424. The Hall–Kier alpha value is -1.61. The molecule has 0 amide bonds. The van der Waals surface area contributed by atoms with Crippen LogP contribution in [0, 0.1) is 0 Å². The summed E-state index contributed by atoms with van der Waals surface area (Å²) < 4.78 is 2.11. The van der Waals surface area contributed by atoms with Gasteiger partial charge in [0.2, 0.25) is 0 Å². The van der Waals surface area contributed by atoms with Crippen molar-refractivity contribution < 1.29 is 0 Å². The molecule has 1 aromatic heterocycles. The van der Waals surface area contributed by atoms with Crippen molar-refractivity contribution in [2.24, 2.45) is 0 Å². The van der Waals surface area contributed by atoms with Crippen LogP contribution in [0.4, 0.5) is 0 Å². The van der Waals surface area contributed by atoms with Crippen LogP contribution in [0.1, 0.15) is 62.0 Å². The molecule has 0 bridgehead atoms. The molecule has 0 fully saturated rings. The Morgan fingerprint density at radius 2 is 1.82 bits per heavy atom. The van der Waals surface area contributed by atoms with Gasteiger partial charge in [0, 0.05) is 31.9 Å². The molecule has 0 N–H and O–H groups in total. The van der Waals surface area contributed by atoms with Crippen LogP contribution in [0.3, 0.4) is 0 Å². The van der Waals surface area contributed by atoms with Gasteiger partial charge in [0.05, 0.1) is 5.69 Å². The zero-order chi connectivity index (χ0) is 15.7. The molecule has 22 heavy (non-hydrogen) atoms. The van der Waals surface area contributed by atoms with Crippen molar-refractivity contribution in [3.05, 3.63) is 52.8 Å². The molecular weight excluding hydrogens is 270 g/mol. The van der Waals surface area contributed by atoms with Gasteiger partial charge in [-0.15, -0.1) is 0 Å². The molecule has 1 aromatic carbocycles. The number of fused-ring (bicyclic) bond motifs is 1. The lowest BCUT2D eigenvalue weighted by Gasteiger charge is -2.28. The summed E-state index contributed by atoms with van der Waals surface area (Å²) in [6.07, 6.45) is 3.39. The molecule has 0 saturated heterocycles. The average Bonchev–Trinajstić information content (AvgIpc) is 2.91. The highest BCUT2D eigenvalue weighted by Gasteiger charge is 2.20. The third-order valence-corrected chi connectivity index (χ3v) is 4.57. The third-order valence-electron chi connectivity index (χ3n) is 4.57. The first-order chi connectivity index (χ1) is 10.5. The number of hydrogen-bond acceptors (Lipinski definition) is 2. The van der Waals surface area contributed by atoms with E-state index in [-0.39, 0.29) is 0 Å². The summed E-state index contributed by atoms with van der Waals surface area (Å²) in [4.78, 5) is 2.53. The molecule has 2 heterocycles. The van der Waals surface area contributed by atoms with Gasteiger partial charge in [-0.3, -0.25) is 9.58 Å². The van der Waals surface area contributed by atoms with E-state index in [1.165, 1.54) is 22.4 Å². The van der Waals surface area contributed by atoms with Crippen LogP contribution in [-0.2, 0) is 19.5 Å². The number of hydrogen-bond donors (Lipinski definition) is 0. The molecule has 118 valence electrons. The second kappa shape index (κ2) is 6.25. The van der Waals surface area contributed by atoms with Gasteiger partial charge in [-0.1, -0.05) is 38.1 Å². The minimum atomic E-state index is 0.424. The molecule has 0 radical (unpaired) electrons. The first kappa shape index (κ1) is 15.3. The van der Waals surface area contributed by atoms with E-state index < -0.39 is 0 Å². The number of rotatable bonds is 4. The molecule has 3 nitrogen and oxygen atoms in total. The van der Waals surface area contributed by atoms with Gasteiger partial charge in [-0.2, -0.15) is 5.10 Å². The smallest absolute Gasteiger partial charge is 0.0799 e. The van der Waals surface area contributed by atoms with E-state index in [1.54, 1.807) is 0 Å². The highest BCUT2D eigenvalue weighted by molar-refractivity contribution is 5.29. The monoisotopic (exact) mass is 297 g/mol. The van der Waals surface area contributed by atoms with Gasteiger partial charge in [-0.25, -0.2) is 0 Å². The van der Waals surface area contributed by atoms with Crippen molar-refractivity contribution in [3.63, 3.8) is 0 Å². The average molecular weight is 297 g/mol. The number of benzene rings is 1. The summed E-state index contributed by atoms with van der Waals surface area (Å²) >= 11 is 0. The van der Waals surface area contributed by atoms with E-state index in [9.17, 15) is 0 Å². The van der Waals surface area contributed by atoms with E-state index in [1.807, 2.05) is 0 Å². The SMILES string of the molecule is CC(C)c1cn(C(C)C)nc1CN1CCc2ccccc2C1.